The first-order valence-corrected chi connectivity index (χ1v) is 4.62. The van der Waals surface area contributed by atoms with E-state index in [4.69, 9.17) is 30.3 Å². The lowest BCUT2D eigenvalue weighted by atomic mass is 9.69. The number of rotatable bonds is 4. The van der Waals surface area contributed by atoms with Gasteiger partial charge in [-0.05, 0) is 23.1 Å². The zero-order valence-electron chi connectivity index (χ0n) is 8.81. The maximum absolute atomic E-state index is 10.8. The molecule has 0 aromatic heterocycles. The van der Waals surface area contributed by atoms with E-state index in [0.717, 1.165) is 0 Å². The fourth-order valence-electron chi connectivity index (χ4n) is 1.43. The number of hydrogen-bond acceptors (Lipinski definition) is 6. The summed E-state index contributed by atoms with van der Waals surface area (Å²) in [7, 11) is -4.39. The molecule has 0 aliphatic heterocycles. The summed E-state index contributed by atoms with van der Waals surface area (Å²) in [6.45, 7) is 0. The van der Waals surface area contributed by atoms with E-state index >= 15 is 0 Å². The van der Waals surface area contributed by atoms with Crippen LogP contribution in [0.5, 0.6) is 0 Å². The van der Waals surface area contributed by atoms with Crippen molar-refractivity contribution in [3.63, 3.8) is 0 Å². The van der Waals surface area contributed by atoms with Crippen LogP contribution in [0.4, 0.5) is 0 Å². The molecule has 0 atom stereocenters. The molecule has 0 radical (unpaired) electrons. The van der Waals surface area contributed by atoms with Crippen molar-refractivity contribution in [2.24, 2.45) is 0 Å². The Hall–Kier alpha value is -1.87. The van der Waals surface area contributed by atoms with Crippen molar-refractivity contribution in [3.8, 4) is 0 Å². The Morgan fingerprint density at radius 1 is 0.778 bits per heavy atom. The van der Waals surface area contributed by atoms with Crippen molar-refractivity contribution in [2.75, 3.05) is 0 Å². The third kappa shape index (κ3) is 2.68. The standard InChI is InChI=1S/C8H8B2O8/c11-7(12)3-1-5(9(15)16)4(8(13)14)2-6(3)10(17)18/h1-2,15-18H,(H,11,12)(H,13,14). The lowest BCUT2D eigenvalue weighted by Gasteiger charge is -2.11. The van der Waals surface area contributed by atoms with Crippen molar-refractivity contribution in [1.29, 1.82) is 0 Å². The molecule has 94 valence electrons. The molecule has 0 amide bonds. The van der Waals surface area contributed by atoms with Crippen LogP contribution >= 0.6 is 0 Å². The summed E-state index contributed by atoms with van der Waals surface area (Å²) < 4.78 is 0. The van der Waals surface area contributed by atoms with Gasteiger partial charge in [-0.1, -0.05) is 0 Å². The molecule has 6 N–H and O–H groups in total. The van der Waals surface area contributed by atoms with Crippen LogP contribution in [0.2, 0.25) is 0 Å². The van der Waals surface area contributed by atoms with Gasteiger partial charge < -0.3 is 30.3 Å². The smallest absolute Gasteiger partial charge is 0.478 e. The summed E-state index contributed by atoms with van der Waals surface area (Å²) >= 11 is 0. The van der Waals surface area contributed by atoms with Crippen molar-refractivity contribution in [3.05, 3.63) is 23.3 Å². The van der Waals surface area contributed by atoms with E-state index in [-0.39, 0.29) is 0 Å². The van der Waals surface area contributed by atoms with E-state index in [1.165, 1.54) is 0 Å². The Morgan fingerprint density at radius 2 is 1.06 bits per heavy atom. The van der Waals surface area contributed by atoms with E-state index in [0.29, 0.717) is 12.1 Å². The zero-order chi connectivity index (χ0) is 14.0. The molecule has 0 unspecified atom stereocenters. The summed E-state index contributed by atoms with van der Waals surface area (Å²) in [5.74, 6) is -3.12. The quantitative estimate of drug-likeness (QED) is 0.301. The van der Waals surface area contributed by atoms with Crippen LogP contribution in [0.1, 0.15) is 20.7 Å². The first-order valence-electron chi connectivity index (χ1n) is 4.62. The van der Waals surface area contributed by atoms with Gasteiger partial charge in [-0.3, -0.25) is 0 Å². The summed E-state index contributed by atoms with van der Waals surface area (Å²) in [6.07, 6.45) is 0. The van der Waals surface area contributed by atoms with Gasteiger partial charge in [-0.2, -0.15) is 0 Å². The lowest BCUT2D eigenvalue weighted by molar-refractivity contribution is 0.0683. The van der Waals surface area contributed by atoms with Crippen LogP contribution in [-0.2, 0) is 0 Å². The molecule has 10 heteroatoms. The van der Waals surface area contributed by atoms with Crippen LogP contribution in [0.15, 0.2) is 12.1 Å². The highest BCUT2D eigenvalue weighted by molar-refractivity contribution is 6.63. The fraction of sp³-hybridized carbons (Fsp3) is 0. The number of carboxylic acid groups (broad SMARTS) is 2. The first kappa shape index (κ1) is 14.2. The van der Waals surface area contributed by atoms with Crippen molar-refractivity contribution in [2.45, 2.75) is 0 Å². The zero-order valence-corrected chi connectivity index (χ0v) is 8.81. The van der Waals surface area contributed by atoms with Gasteiger partial charge in [0.25, 0.3) is 0 Å². The molecule has 1 aromatic carbocycles. The molecule has 8 nitrogen and oxygen atoms in total. The Morgan fingerprint density at radius 3 is 1.22 bits per heavy atom. The minimum absolute atomic E-state index is 0.552. The molecule has 0 saturated carbocycles. The predicted molar refractivity (Wildman–Crippen MR) is 60.0 cm³/mol. The van der Waals surface area contributed by atoms with Gasteiger partial charge in [0.2, 0.25) is 0 Å². The topological polar surface area (TPSA) is 156 Å². The van der Waals surface area contributed by atoms with Crippen molar-refractivity contribution < 1.29 is 39.9 Å². The molecule has 0 aliphatic rings. The Labute approximate surface area is 101 Å². The van der Waals surface area contributed by atoms with E-state index in [2.05, 4.69) is 0 Å². The first-order chi connectivity index (χ1) is 8.25. The molecule has 0 fully saturated rings. The summed E-state index contributed by atoms with van der Waals surface area (Å²) in [5.41, 5.74) is -2.36. The average molecular weight is 254 g/mol. The third-order valence-corrected chi connectivity index (χ3v) is 2.24. The fourth-order valence-corrected chi connectivity index (χ4v) is 1.43. The SMILES string of the molecule is O=C(O)c1cc(B(O)O)c(C(=O)O)cc1B(O)O. The number of benzene rings is 1. The largest absolute Gasteiger partial charge is 0.489 e. The molecule has 0 heterocycles. The van der Waals surface area contributed by atoms with E-state index in [1.807, 2.05) is 0 Å². The van der Waals surface area contributed by atoms with Crippen molar-refractivity contribution >= 4 is 37.1 Å². The molecule has 1 rings (SSSR count). The van der Waals surface area contributed by atoms with Gasteiger partial charge in [0.1, 0.15) is 0 Å². The van der Waals surface area contributed by atoms with Gasteiger partial charge >= 0.3 is 26.2 Å². The second-order valence-corrected chi connectivity index (χ2v) is 3.38. The van der Waals surface area contributed by atoms with Crippen LogP contribution in [0.25, 0.3) is 0 Å². The lowest BCUT2D eigenvalue weighted by Crippen LogP contribution is -2.42. The highest BCUT2D eigenvalue weighted by Crippen LogP contribution is 2.03. The van der Waals surface area contributed by atoms with Gasteiger partial charge in [-0.25, -0.2) is 9.59 Å². The van der Waals surface area contributed by atoms with Gasteiger partial charge in [0.15, 0.2) is 0 Å². The number of aromatic carboxylic acids is 2. The molecule has 0 bridgehead atoms. The maximum atomic E-state index is 10.8. The van der Waals surface area contributed by atoms with Crippen LogP contribution in [0, 0.1) is 0 Å². The Bertz CT molecular complexity index is 452. The molecule has 0 spiro atoms. The molecule has 0 aliphatic carbocycles. The normalized spacial score (nSPS) is 10.0. The van der Waals surface area contributed by atoms with Crippen LogP contribution in [0.3, 0.4) is 0 Å². The van der Waals surface area contributed by atoms with Crippen LogP contribution < -0.4 is 10.9 Å². The second-order valence-electron chi connectivity index (χ2n) is 3.38. The molecule has 0 saturated heterocycles. The number of carbonyl (C=O) groups is 2. The Kier molecular flexibility index (Phi) is 4.09. The number of carboxylic acids is 2. The minimum Gasteiger partial charge on any atom is -0.478 e. The van der Waals surface area contributed by atoms with E-state index in [1.54, 1.807) is 0 Å². The predicted octanol–water partition coefficient (Wildman–Crippen LogP) is -3.56. The molecular weight excluding hydrogens is 246 g/mol. The minimum atomic E-state index is -2.20. The second kappa shape index (κ2) is 5.19. The molecule has 1 aromatic rings. The highest BCUT2D eigenvalue weighted by atomic mass is 16.4. The molecular formula is C8H8B2O8. The van der Waals surface area contributed by atoms with Crippen LogP contribution in [-0.4, -0.2) is 56.5 Å². The maximum Gasteiger partial charge on any atom is 0.489 e. The average Bonchev–Trinajstić information content (AvgIpc) is 2.26. The summed E-state index contributed by atoms with van der Waals surface area (Å²) in [4.78, 5) is 21.7. The third-order valence-electron chi connectivity index (χ3n) is 2.24. The highest BCUT2D eigenvalue weighted by Gasteiger charge is 2.28. The van der Waals surface area contributed by atoms with Gasteiger partial charge in [-0.15, -0.1) is 0 Å². The van der Waals surface area contributed by atoms with Gasteiger partial charge in [0, 0.05) is 0 Å². The summed E-state index contributed by atoms with van der Waals surface area (Å²) in [5, 5.41) is 53.5. The van der Waals surface area contributed by atoms with Gasteiger partial charge in [0.05, 0.1) is 11.1 Å². The summed E-state index contributed by atoms with van der Waals surface area (Å²) in [6, 6.07) is 1.34. The Balaban J connectivity index is 3.60. The van der Waals surface area contributed by atoms with E-state index in [9.17, 15) is 9.59 Å². The molecule has 18 heavy (non-hydrogen) atoms. The van der Waals surface area contributed by atoms with Crippen molar-refractivity contribution in [1.82, 2.24) is 0 Å². The monoisotopic (exact) mass is 254 g/mol. The number of hydrogen-bond donors (Lipinski definition) is 6. The van der Waals surface area contributed by atoms with E-state index < -0.39 is 48.2 Å².